The van der Waals surface area contributed by atoms with Crippen molar-refractivity contribution in [1.29, 1.82) is 0 Å². The lowest BCUT2D eigenvalue weighted by molar-refractivity contribution is -0.182. The van der Waals surface area contributed by atoms with Gasteiger partial charge in [0.15, 0.2) is 11.6 Å². The summed E-state index contributed by atoms with van der Waals surface area (Å²) in [5.74, 6) is 2.36. The molecule has 4 nitrogen and oxygen atoms in total. The number of allylic oxidation sites excluding steroid dienone is 4. The van der Waals surface area contributed by atoms with Crippen molar-refractivity contribution < 1.29 is 18.9 Å². The third-order valence-electron chi connectivity index (χ3n) is 7.63. The molecule has 0 radical (unpaired) electrons. The summed E-state index contributed by atoms with van der Waals surface area (Å²) in [4.78, 5) is 0. The molecule has 0 amide bonds. The molecule has 0 unspecified atom stereocenters. The standard InChI is InChI=1S/2C11H16O2/c1-8-6-9-2-3-11(10(9)7-8)12-4-5-13-11;1-8-2-3-10-9(8)4-5-11(10)12-6-7-13-11/h6,9-10H,2-5,7H2,1H3;2,9-10H,3-7H2,1H3/t2*9-,10+/m00/s1. The van der Waals surface area contributed by atoms with Crippen molar-refractivity contribution in [3.8, 4) is 0 Å². The van der Waals surface area contributed by atoms with Crippen LogP contribution in [0, 0.1) is 23.7 Å². The van der Waals surface area contributed by atoms with Crippen LogP contribution in [0.1, 0.15) is 52.4 Å². The fraction of sp³-hybridized carbons (Fsp3) is 0.818. The topological polar surface area (TPSA) is 36.9 Å². The van der Waals surface area contributed by atoms with E-state index in [1.54, 1.807) is 5.57 Å². The molecule has 2 spiro atoms. The molecule has 2 aliphatic heterocycles. The Balaban J connectivity index is 0.000000115. The Morgan fingerprint density at radius 2 is 1.46 bits per heavy atom. The van der Waals surface area contributed by atoms with Crippen molar-refractivity contribution in [2.24, 2.45) is 23.7 Å². The maximum Gasteiger partial charge on any atom is 0.172 e. The molecule has 2 saturated heterocycles. The Kier molecular flexibility index (Phi) is 4.31. The number of hydrogen-bond donors (Lipinski definition) is 0. The first-order valence-electron chi connectivity index (χ1n) is 10.5. The Labute approximate surface area is 156 Å². The number of hydrogen-bond acceptors (Lipinski definition) is 4. The summed E-state index contributed by atoms with van der Waals surface area (Å²) in [5.41, 5.74) is 3.08. The van der Waals surface area contributed by atoms with E-state index in [-0.39, 0.29) is 11.6 Å². The molecule has 0 bridgehead atoms. The minimum atomic E-state index is -0.182. The summed E-state index contributed by atoms with van der Waals surface area (Å²) < 4.78 is 23.2. The molecule has 6 rings (SSSR count). The van der Waals surface area contributed by atoms with Crippen LogP contribution in [0.4, 0.5) is 0 Å². The van der Waals surface area contributed by atoms with E-state index >= 15 is 0 Å². The first kappa shape index (κ1) is 17.4. The van der Waals surface area contributed by atoms with E-state index in [0.717, 1.165) is 57.5 Å². The van der Waals surface area contributed by atoms with Crippen LogP contribution < -0.4 is 0 Å². The monoisotopic (exact) mass is 360 g/mol. The average molecular weight is 360 g/mol. The van der Waals surface area contributed by atoms with E-state index in [0.29, 0.717) is 11.8 Å². The van der Waals surface area contributed by atoms with Gasteiger partial charge in [-0.05, 0) is 51.4 Å². The molecule has 4 aliphatic carbocycles. The second-order valence-electron chi connectivity index (χ2n) is 8.98. The lowest BCUT2D eigenvalue weighted by Crippen LogP contribution is -2.35. The van der Waals surface area contributed by atoms with Gasteiger partial charge in [-0.3, -0.25) is 0 Å². The van der Waals surface area contributed by atoms with E-state index in [4.69, 9.17) is 18.9 Å². The van der Waals surface area contributed by atoms with Crippen molar-refractivity contribution >= 4 is 0 Å². The molecule has 0 N–H and O–H groups in total. The summed E-state index contributed by atoms with van der Waals surface area (Å²) in [6.07, 6.45) is 11.8. The zero-order valence-electron chi connectivity index (χ0n) is 16.2. The minimum Gasteiger partial charge on any atom is -0.347 e. The number of fused-ring (bicyclic) bond motifs is 4. The summed E-state index contributed by atoms with van der Waals surface area (Å²) in [7, 11) is 0. The number of rotatable bonds is 0. The van der Waals surface area contributed by atoms with Crippen LogP contribution in [-0.2, 0) is 18.9 Å². The van der Waals surface area contributed by atoms with E-state index in [9.17, 15) is 0 Å². The van der Waals surface area contributed by atoms with E-state index in [1.807, 2.05) is 0 Å². The quantitative estimate of drug-likeness (QED) is 0.606. The highest BCUT2D eigenvalue weighted by atomic mass is 16.7. The smallest absolute Gasteiger partial charge is 0.172 e. The first-order chi connectivity index (χ1) is 12.6. The Bertz CT molecular complexity index is 596. The van der Waals surface area contributed by atoms with Crippen molar-refractivity contribution in [3.05, 3.63) is 23.3 Å². The van der Waals surface area contributed by atoms with E-state index in [2.05, 4.69) is 26.0 Å². The molecular formula is C22H32O4. The van der Waals surface area contributed by atoms with Crippen LogP contribution in [0.3, 0.4) is 0 Å². The second kappa shape index (κ2) is 6.44. The highest BCUT2D eigenvalue weighted by molar-refractivity contribution is 5.19. The van der Waals surface area contributed by atoms with Gasteiger partial charge in [-0.25, -0.2) is 0 Å². The van der Waals surface area contributed by atoms with Crippen LogP contribution in [0.15, 0.2) is 23.3 Å². The molecule has 4 atom stereocenters. The van der Waals surface area contributed by atoms with E-state index in [1.165, 1.54) is 24.8 Å². The summed E-state index contributed by atoms with van der Waals surface area (Å²) in [6.45, 7) is 7.65. The third-order valence-corrected chi connectivity index (χ3v) is 7.63. The summed E-state index contributed by atoms with van der Waals surface area (Å²) in [6, 6.07) is 0. The molecule has 4 heteroatoms. The lowest BCUT2D eigenvalue weighted by Gasteiger charge is -2.28. The zero-order chi connectivity index (χ0) is 17.8. The maximum absolute atomic E-state index is 5.81. The van der Waals surface area contributed by atoms with Gasteiger partial charge in [0.25, 0.3) is 0 Å². The van der Waals surface area contributed by atoms with Crippen LogP contribution in [-0.4, -0.2) is 38.0 Å². The van der Waals surface area contributed by atoms with Gasteiger partial charge in [-0.1, -0.05) is 23.3 Å². The van der Waals surface area contributed by atoms with Crippen molar-refractivity contribution in [2.75, 3.05) is 26.4 Å². The molecule has 0 aromatic rings. The zero-order valence-corrected chi connectivity index (χ0v) is 16.2. The first-order valence-corrected chi connectivity index (χ1v) is 10.5. The van der Waals surface area contributed by atoms with E-state index < -0.39 is 0 Å². The molecule has 4 fully saturated rings. The molecule has 26 heavy (non-hydrogen) atoms. The van der Waals surface area contributed by atoms with Gasteiger partial charge in [0.05, 0.1) is 26.4 Å². The molecule has 144 valence electrons. The summed E-state index contributed by atoms with van der Waals surface area (Å²) >= 11 is 0. The van der Waals surface area contributed by atoms with Crippen molar-refractivity contribution in [2.45, 2.75) is 63.9 Å². The molecule has 6 aliphatic rings. The van der Waals surface area contributed by atoms with Gasteiger partial charge >= 0.3 is 0 Å². The Morgan fingerprint density at radius 1 is 0.846 bits per heavy atom. The fourth-order valence-electron chi connectivity index (χ4n) is 6.43. The second-order valence-corrected chi connectivity index (χ2v) is 8.98. The van der Waals surface area contributed by atoms with Crippen LogP contribution in [0.25, 0.3) is 0 Å². The molecule has 0 aromatic carbocycles. The van der Waals surface area contributed by atoms with Crippen LogP contribution >= 0.6 is 0 Å². The SMILES string of the molecule is CC1=CC[C@@H]2[C@H]1CCC21OCCO1.CC1=C[C@@H]2CCC3(OCCO3)[C@@H]2C1. The van der Waals surface area contributed by atoms with Crippen molar-refractivity contribution in [1.82, 2.24) is 0 Å². The average Bonchev–Trinajstić information content (AvgIpc) is 3.42. The fourth-order valence-corrected chi connectivity index (χ4v) is 6.43. The minimum absolute atomic E-state index is 0.182. The highest BCUT2D eigenvalue weighted by Crippen LogP contribution is 2.53. The van der Waals surface area contributed by atoms with Gasteiger partial charge in [0, 0.05) is 24.7 Å². The van der Waals surface area contributed by atoms with Gasteiger partial charge in [0.1, 0.15) is 0 Å². The van der Waals surface area contributed by atoms with Gasteiger partial charge in [-0.15, -0.1) is 0 Å². The molecule has 2 heterocycles. The van der Waals surface area contributed by atoms with Gasteiger partial charge in [-0.2, -0.15) is 0 Å². The molecule has 2 saturated carbocycles. The van der Waals surface area contributed by atoms with Gasteiger partial charge < -0.3 is 18.9 Å². The third kappa shape index (κ3) is 2.64. The Morgan fingerprint density at radius 3 is 2.15 bits per heavy atom. The predicted octanol–water partition coefficient (Wildman–Crippen LogP) is 4.21. The van der Waals surface area contributed by atoms with Crippen LogP contribution in [0.2, 0.25) is 0 Å². The lowest BCUT2D eigenvalue weighted by atomic mass is 9.93. The highest BCUT2D eigenvalue weighted by Gasteiger charge is 2.54. The molecule has 0 aromatic heterocycles. The summed E-state index contributed by atoms with van der Waals surface area (Å²) in [5, 5.41) is 0. The van der Waals surface area contributed by atoms with Gasteiger partial charge in [0.2, 0.25) is 0 Å². The Hall–Kier alpha value is -0.680. The number of ether oxygens (including phenoxy) is 4. The predicted molar refractivity (Wildman–Crippen MR) is 98.4 cm³/mol. The van der Waals surface area contributed by atoms with Crippen LogP contribution in [0.5, 0.6) is 0 Å². The maximum atomic E-state index is 5.81. The largest absolute Gasteiger partial charge is 0.347 e. The van der Waals surface area contributed by atoms with Crippen molar-refractivity contribution in [3.63, 3.8) is 0 Å². The normalized spacial score (nSPS) is 41.2. The molecular weight excluding hydrogens is 328 g/mol.